The monoisotopic (exact) mass is 396 g/mol. The lowest BCUT2D eigenvalue weighted by atomic mass is 9.90. The van der Waals surface area contributed by atoms with Crippen LogP contribution >= 0.6 is 0 Å². The number of carbonyl (C=O) groups is 2. The second-order valence-corrected chi connectivity index (χ2v) is 7.41. The molecule has 0 bridgehead atoms. The van der Waals surface area contributed by atoms with Crippen LogP contribution in [0, 0.1) is 5.92 Å². The summed E-state index contributed by atoms with van der Waals surface area (Å²) >= 11 is 0. The van der Waals surface area contributed by atoms with Crippen LogP contribution in [0.25, 0.3) is 0 Å². The smallest absolute Gasteiger partial charge is 0.255 e. The number of nitrogens with two attached hydrogens (primary N) is 1. The number of carbonyl (C=O) groups excluding carboxylic acids is 2. The zero-order chi connectivity index (χ0) is 20.6. The maximum atomic E-state index is 12.8. The van der Waals surface area contributed by atoms with Crippen LogP contribution in [0.2, 0.25) is 0 Å². The Balaban J connectivity index is 1.47. The Labute approximate surface area is 171 Å². The molecule has 0 aromatic heterocycles. The molecular formula is C23H28N2O4. The van der Waals surface area contributed by atoms with Gasteiger partial charge < -0.3 is 20.1 Å². The van der Waals surface area contributed by atoms with E-state index in [1.54, 1.807) is 31.4 Å². The Morgan fingerprint density at radius 2 is 1.79 bits per heavy atom. The molecule has 2 N–H and O–H groups in total. The van der Waals surface area contributed by atoms with E-state index in [9.17, 15) is 9.59 Å². The minimum absolute atomic E-state index is 0.00290. The van der Waals surface area contributed by atoms with Crippen molar-refractivity contribution in [2.75, 3.05) is 26.8 Å². The summed E-state index contributed by atoms with van der Waals surface area (Å²) in [6.45, 7) is 1.33. The van der Waals surface area contributed by atoms with E-state index in [2.05, 4.69) is 12.1 Å². The fourth-order valence-corrected chi connectivity index (χ4v) is 3.64. The van der Waals surface area contributed by atoms with E-state index >= 15 is 0 Å². The average molecular weight is 396 g/mol. The van der Waals surface area contributed by atoms with Crippen molar-refractivity contribution in [1.82, 2.24) is 4.90 Å². The molecule has 0 atom stereocenters. The summed E-state index contributed by atoms with van der Waals surface area (Å²) in [7, 11) is 1.68. The van der Waals surface area contributed by atoms with Gasteiger partial charge in [0.15, 0.2) is 6.61 Å². The SMILES string of the molecule is COc1ccc(CCC2CCN(C(=O)c3cccc(OCC(N)=O)c3)CC2)cc1. The summed E-state index contributed by atoms with van der Waals surface area (Å²) in [4.78, 5) is 25.6. The number of benzene rings is 2. The van der Waals surface area contributed by atoms with Gasteiger partial charge in [-0.1, -0.05) is 18.2 Å². The molecular weight excluding hydrogens is 368 g/mol. The normalized spacial score (nSPS) is 14.4. The van der Waals surface area contributed by atoms with Crippen molar-refractivity contribution in [2.24, 2.45) is 11.7 Å². The highest BCUT2D eigenvalue weighted by Gasteiger charge is 2.23. The number of ether oxygens (including phenoxy) is 2. The van der Waals surface area contributed by atoms with E-state index in [4.69, 9.17) is 15.2 Å². The molecule has 0 radical (unpaired) electrons. The number of amides is 2. The number of aryl methyl sites for hydroxylation is 1. The van der Waals surface area contributed by atoms with Gasteiger partial charge in [-0.25, -0.2) is 0 Å². The summed E-state index contributed by atoms with van der Waals surface area (Å²) in [5.74, 6) is 1.45. The second-order valence-electron chi connectivity index (χ2n) is 7.41. The number of hydrogen-bond acceptors (Lipinski definition) is 4. The molecule has 1 aliphatic rings. The molecule has 2 aromatic carbocycles. The topological polar surface area (TPSA) is 81.9 Å². The minimum atomic E-state index is -0.543. The zero-order valence-corrected chi connectivity index (χ0v) is 16.8. The van der Waals surface area contributed by atoms with E-state index in [1.165, 1.54) is 5.56 Å². The van der Waals surface area contributed by atoms with Gasteiger partial charge in [0.05, 0.1) is 7.11 Å². The molecule has 1 aliphatic heterocycles. The molecule has 6 heteroatoms. The van der Waals surface area contributed by atoms with Crippen LogP contribution in [0.3, 0.4) is 0 Å². The highest BCUT2D eigenvalue weighted by atomic mass is 16.5. The number of rotatable bonds is 8. The number of hydrogen-bond donors (Lipinski definition) is 1. The van der Waals surface area contributed by atoms with E-state index < -0.39 is 5.91 Å². The number of primary amides is 1. The molecule has 3 rings (SSSR count). The van der Waals surface area contributed by atoms with Crippen LogP contribution in [0.4, 0.5) is 0 Å². The van der Waals surface area contributed by atoms with E-state index in [0.29, 0.717) is 17.2 Å². The van der Waals surface area contributed by atoms with Crippen molar-refractivity contribution in [2.45, 2.75) is 25.7 Å². The molecule has 29 heavy (non-hydrogen) atoms. The van der Waals surface area contributed by atoms with Gasteiger partial charge in [0.1, 0.15) is 11.5 Å². The predicted octanol–water partition coefficient (Wildman–Crippen LogP) is 3.04. The zero-order valence-electron chi connectivity index (χ0n) is 16.8. The molecule has 2 aromatic rings. The molecule has 0 unspecified atom stereocenters. The third kappa shape index (κ3) is 5.98. The number of nitrogens with zero attached hydrogens (tertiary/aromatic N) is 1. The van der Waals surface area contributed by atoms with Gasteiger partial charge in [0, 0.05) is 18.7 Å². The Morgan fingerprint density at radius 3 is 2.45 bits per heavy atom. The molecule has 1 fully saturated rings. The van der Waals surface area contributed by atoms with Gasteiger partial charge >= 0.3 is 0 Å². The summed E-state index contributed by atoms with van der Waals surface area (Å²) in [5.41, 5.74) is 6.99. The molecule has 1 saturated heterocycles. The van der Waals surface area contributed by atoms with Crippen molar-refractivity contribution >= 4 is 11.8 Å². The molecule has 1 heterocycles. The fourth-order valence-electron chi connectivity index (χ4n) is 3.64. The minimum Gasteiger partial charge on any atom is -0.497 e. The first-order valence-corrected chi connectivity index (χ1v) is 9.98. The molecule has 2 amide bonds. The Kier molecular flexibility index (Phi) is 7.11. The summed E-state index contributed by atoms with van der Waals surface area (Å²) in [5, 5.41) is 0. The number of methoxy groups -OCH3 is 1. The molecule has 154 valence electrons. The van der Waals surface area contributed by atoms with Gasteiger partial charge in [-0.05, 0) is 67.5 Å². The standard InChI is InChI=1S/C23H28N2O4/c1-28-20-9-7-17(8-10-20)5-6-18-11-13-25(14-12-18)23(27)19-3-2-4-21(15-19)29-16-22(24)26/h2-4,7-10,15,18H,5-6,11-14,16H2,1H3,(H2,24,26). The van der Waals surface area contributed by atoms with E-state index in [0.717, 1.165) is 44.5 Å². The predicted molar refractivity (Wildman–Crippen MR) is 111 cm³/mol. The van der Waals surface area contributed by atoms with E-state index in [-0.39, 0.29) is 12.5 Å². The fraction of sp³-hybridized carbons (Fsp3) is 0.391. The molecule has 0 spiro atoms. The van der Waals surface area contributed by atoms with Gasteiger partial charge in [-0.2, -0.15) is 0 Å². The maximum Gasteiger partial charge on any atom is 0.255 e. The lowest BCUT2D eigenvalue weighted by Gasteiger charge is -2.32. The number of piperidine rings is 1. The molecule has 6 nitrogen and oxygen atoms in total. The van der Waals surface area contributed by atoms with E-state index in [1.807, 2.05) is 17.0 Å². The quantitative estimate of drug-likeness (QED) is 0.744. The lowest BCUT2D eigenvalue weighted by Crippen LogP contribution is -2.38. The van der Waals surface area contributed by atoms with Gasteiger partial charge in [0.2, 0.25) is 0 Å². The Bertz CT molecular complexity index is 827. The van der Waals surface area contributed by atoms with Crippen LogP contribution in [0.5, 0.6) is 11.5 Å². The highest BCUT2D eigenvalue weighted by Crippen LogP contribution is 2.25. The van der Waals surface area contributed by atoms with Crippen LogP contribution < -0.4 is 15.2 Å². The van der Waals surface area contributed by atoms with Crippen molar-refractivity contribution in [3.8, 4) is 11.5 Å². The largest absolute Gasteiger partial charge is 0.497 e. The molecule has 0 saturated carbocycles. The third-order valence-corrected chi connectivity index (χ3v) is 5.36. The second kappa shape index (κ2) is 9.96. The van der Waals surface area contributed by atoms with Crippen molar-refractivity contribution < 1.29 is 19.1 Å². The first kappa shape index (κ1) is 20.7. The number of likely N-dealkylation sites (tertiary alicyclic amines) is 1. The summed E-state index contributed by atoms with van der Waals surface area (Å²) < 4.78 is 10.5. The van der Waals surface area contributed by atoms with Crippen LogP contribution in [-0.4, -0.2) is 43.5 Å². The first-order chi connectivity index (χ1) is 14.0. The Hall–Kier alpha value is -3.02. The summed E-state index contributed by atoms with van der Waals surface area (Å²) in [6, 6.07) is 15.1. The van der Waals surface area contributed by atoms with Crippen LogP contribution in [-0.2, 0) is 11.2 Å². The summed E-state index contributed by atoms with van der Waals surface area (Å²) in [6.07, 6.45) is 4.20. The van der Waals surface area contributed by atoms with Crippen LogP contribution in [0.15, 0.2) is 48.5 Å². The third-order valence-electron chi connectivity index (χ3n) is 5.36. The van der Waals surface area contributed by atoms with Gasteiger partial charge in [-0.3, -0.25) is 9.59 Å². The van der Waals surface area contributed by atoms with Gasteiger partial charge in [0.25, 0.3) is 11.8 Å². The van der Waals surface area contributed by atoms with Gasteiger partial charge in [-0.15, -0.1) is 0 Å². The van der Waals surface area contributed by atoms with Crippen LogP contribution in [0.1, 0.15) is 35.2 Å². The van der Waals surface area contributed by atoms with Crippen molar-refractivity contribution in [3.63, 3.8) is 0 Å². The van der Waals surface area contributed by atoms with Crippen molar-refractivity contribution in [3.05, 3.63) is 59.7 Å². The highest BCUT2D eigenvalue weighted by molar-refractivity contribution is 5.94. The molecule has 0 aliphatic carbocycles. The average Bonchev–Trinajstić information content (AvgIpc) is 2.76. The Morgan fingerprint density at radius 1 is 1.07 bits per heavy atom. The maximum absolute atomic E-state index is 12.8. The first-order valence-electron chi connectivity index (χ1n) is 9.98. The van der Waals surface area contributed by atoms with Crippen molar-refractivity contribution in [1.29, 1.82) is 0 Å². The lowest BCUT2D eigenvalue weighted by molar-refractivity contribution is -0.119.